The fourth-order valence-electron chi connectivity index (χ4n) is 2.29. The van der Waals surface area contributed by atoms with Gasteiger partial charge in [0.15, 0.2) is 0 Å². The number of halogens is 2. The molecule has 20 heavy (non-hydrogen) atoms. The number of aromatic nitrogens is 2. The van der Waals surface area contributed by atoms with Gasteiger partial charge in [-0.3, -0.25) is 0 Å². The van der Waals surface area contributed by atoms with Crippen molar-refractivity contribution in [1.82, 2.24) is 9.97 Å². The van der Waals surface area contributed by atoms with Crippen molar-refractivity contribution < 1.29 is 4.39 Å². The van der Waals surface area contributed by atoms with Gasteiger partial charge in [-0.2, -0.15) is 0 Å². The number of H-pyrrole nitrogens is 1. The predicted octanol–water partition coefficient (Wildman–Crippen LogP) is 4.38. The number of rotatable bonds is 3. The van der Waals surface area contributed by atoms with Crippen molar-refractivity contribution in [1.29, 1.82) is 0 Å². The number of aromatic amines is 1. The van der Waals surface area contributed by atoms with Crippen LogP contribution in [0, 0.1) is 5.82 Å². The van der Waals surface area contributed by atoms with Crippen molar-refractivity contribution in [3.8, 4) is 0 Å². The van der Waals surface area contributed by atoms with E-state index in [0.717, 1.165) is 16.8 Å². The van der Waals surface area contributed by atoms with Crippen LogP contribution >= 0.6 is 11.6 Å². The maximum absolute atomic E-state index is 13.1. The monoisotopic (exact) mass is 286 g/mol. The molecular weight excluding hydrogens is 275 g/mol. The first-order chi connectivity index (χ1) is 9.74. The predicted molar refractivity (Wildman–Crippen MR) is 77.4 cm³/mol. The molecule has 1 aromatic heterocycles. The topological polar surface area (TPSA) is 28.7 Å². The SMILES string of the molecule is Fc1ccc(C(c2ccc(Cl)cc2)c2cnc[nH]2)cc1. The summed E-state index contributed by atoms with van der Waals surface area (Å²) in [5, 5.41) is 0.691. The molecule has 0 radical (unpaired) electrons. The van der Waals surface area contributed by atoms with Gasteiger partial charge in [-0.25, -0.2) is 9.37 Å². The zero-order valence-corrected chi connectivity index (χ0v) is 11.3. The summed E-state index contributed by atoms with van der Waals surface area (Å²) in [6, 6.07) is 14.1. The maximum Gasteiger partial charge on any atom is 0.123 e. The lowest BCUT2D eigenvalue weighted by Gasteiger charge is -2.16. The van der Waals surface area contributed by atoms with Crippen LogP contribution < -0.4 is 0 Å². The minimum Gasteiger partial charge on any atom is -0.348 e. The summed E-state index contributed by atoms with van der Waals surface area (Å²) in [7, 11) is 0. The lowest BCUT2D eigenvalue weighted by Crippen LogP contribution is -2.03. The summed E-state index contributed by atoms with van der Waals surface area (Å²) in [4.78, 5) is 7.20. The van der Waals surface area contributed by atoms with Crippen molar-refractivity contribution in [2.45, 2.75) is 5.92 Å². The second-order valence-electron chi connectivity index (χ2n) is 4.54. The Morgan fingerprint density at radius 3 is 2.10 bits per heavy atom. The number of imidazole rings is 1. The Morgan fingerprint density at radius 2 is 1.55 bits per heavy atom. The van der Waals surface area contributed by atoms with Crippen molar-refractivity contribution in [3.05, 3.63) is 88.7 Å². The third-order valence-corrected chi connectivity index (χ3v) is 3.49. The number of hydrogen-bond acceptors (Lipinski definition) is 1. The molecule has 4 heteroatoms. The fourth-order valence-corrected chi connectivity index (χ4v) is 2.41. The first kappa shape index (κ1) is 12.9. The van der Waals surface area contributed by atoms with Gasteiger partial charge in [0.25, 0.3) is 0 Å². The van der Waals surface area contributed by atoms with Crippen LogP contribution in [0.25, 0.3) is 0 Å². The molecule has 0 fully saturated rings. The van der Waals surface area contributed by atoms with Gasteiger partial charge in [-0.1, -0.05) is 35.9 Å². The Balaban J connectivity index is 2.09. The van der Waals surface area contributed by atoms with E-state index in [1.54, 1.807) is 24.7 Å². The van der Waals surface area contributed by atoms with Crippen LogP contribution in [0.5, 0.6) is 0 Å². The average molecular weight is 287 g/mol. The fraction of sp³-hybridized carbons (Fsp3) is 0.0625. The lowest BCUT2D eigenvalue weighted by molar-refractivity contribution is 0.626. The molecule has 1 unspecified atom stereocenters. The molecule has 0 aliphatic rings. The van der Waals surface area contributed by atoms with Crippen LogP contribution in [0.15, 0.2) is 61.1 Å². The van der Waals surface area contributed by atoms with Crippen molar-refractivity contribution in [2.75, 3.05) is 0 Å². The van der Waals surface area contributed by atoms with Crippen LogP contribution in [-0.4, -0.2) is 9.97 Å². The highest BCUT2D eigenvalue weighted by atomic mass is 35.5. The van der Waals surface area contributed by atoms with E-state index < -0.39 is 0 Å². The minimum atomic E-state index is -0.242. The third kappa shape index (κ3) is 2.58. The van der Waals surface area contributed by atoms with E-state index in [1.165, 1.54) is 12.1 Å². The molecule has 0 saturated heterocycles. The molecule has 0 aliphatic carbocycles. The zero-order valence-electron chi connectivity index (χ0n) is 10.6. The Kier molecular flexibility index (Phi) is 3.52. The van der Waals surface area contributed by atoms with E-state index in [2.05, 4.69) is 9.97 Å². The summed E-state index contributed by atoms with van der Waals surface area (Å²) in [6.07, 6.45) is 3.42. The van der Waals surface area contributed by atoms with E-state index in [9.17, 15) is 4.39 Å². The van der Waals surface area contributed by atoms with Gasteiger partial charge in [-0.15, -0.1) is 0 Å². The summed E-state index contributed by atoms with van der Waals surface area (Å²) < 4.78 is 13.1. The molecule has 0 aliphatic heterocycles. The van der Waals surface area contributed by atoms with Gasteiger partial charge in [-0.05, 0) is 35.4 Å². The van der Waals surface area contributed by atoms with Crippen LogP contribution in [0.4, 0.5) is 4.39 Å². The normalized spacial score (nSPS) is 12.3. The van der Waals surface area contributed by atoms with Gasteiger partial charge in [0.1, 0.15) is 5.82 Å². The Labute approximate surface area is 121 Å². The van der Waals surface area contributed by atoms with Crippen molar-refractivity contribution >= 4 is 11.6 Å². The molecule has 0 amide bonds. The van der Waals surface area contributed by atoms with E-state index in [-0.39, 0.29) is 11.7 Å². The standard InChI is InChI=1S/C16H12ClFN2/c17-13-5-1-11(2-6-13)16(15-9-19-10-20-15)12-3-7-14(18)8-4-12/h1-10,16H,(H,19,20). The third-order valence-electron chi connectivity index (χ3n) is 3.24. The zero-order chi connectivity index (χ0) is 13.9. The quantitative estimate of drug-likeness (QED) is 0.760. The van der Waals surface area contributed by atoms with Gasteiger partial charge in [0, 0.05) is 16.9 Å². The Hall–Kier alpha value is -2.13. The number of benzene rings is 2. The summed E-state index contributed by atoms with van der Waals surface area (Å²) in [5.74, 6) is -0.261. The van der Waals surface area contributed by atoms with E-state index in [4.69, 9.17) is 11.6 Å². The summed E-state index contributed by atoms with van der Waals surface area (Å²) in [5.41, 5.74) is 3.03. The molecule has 100 valence electrons. The van der Waals surface area contributed by atoms with Crippen LogP contribution in [0.2, 0.25) is 5.02 Å². The first-order valence-electron chi connectivity index (χ1n) is 6.23. The molecule has 0 saturated carbocycles. The number of hydrogen-bond donors (Lipinski definition) is 1. The van der Waals surface area contributed by atoms with Crippen molar-refractivity contribution in [2.24, 2.45) is 0 Å². The first-order valence-corrected chi connectivity index (χ1v) is 6.61. The maximum atomic E-state index is 13.1. The summed E-state index contributed by atoms with van der Waals surface area (Å²) in [6.45, 7) is 0. The molecule has 0 bridgehead atoms. The van der Waals surface area contributed by atoms with Gasteiger partial charge >= 0.3 is 0 Å². The lowest BCUT2D eigenvalue weighted by atomic mass is 9.89. The number of nitrogens with one attached hydrogen (secondary N) is 1. The molecule has 1 atom stereocenters. The Morgan fingerprint density at radius 1 is 0.950 bits per heavy atom. The van der Waals surface area contributed by atoms with Gasteiger partial charge in [0.05, 0.1) is 12.2 Å². The van der Waals surface area contributed by atoms with E-state index in [0.29, 0.717) is 5.02 Å². The minimum absolute atomic E-state index is 0.0182. The highest BCUT2D eigenvalue weighted by Gasteiger charge is 2.18. The molecule has 3 rings (SSSR count). The largest absolute Gasteiger partial charge is 0.348 e. The molecule has 3 aromatic rings. The van der Waals surface area contributed by atoms with Crippen molar-refractivity contribution in [3.63, 3.8) is 0 Å². The Bertz CT molecular complexity index is 630. The van der Waals surface area contributed by atoms with E-state index in [1.807, 2.05) is 24.3 Å². The molecule has 0 spiro atoms. The molecular formula is C16H12ClFN2. The average Bonchev–Trinajstić information content (AvgIpc) is 2.97. The van der Waals surface area contributed by atoms with Gasteiger partial charge in [0.2, 0.25) is 0 Å². The van der Waals surface area contributed by atoms with E-state index >= 15 is 0 Å². The van der Waals surface area contributed by atoms with Crippen LogP contribution in [-0.2, 0) is 0 Å². The smallest absolute Gasteiger partial charge is 0.123 e. The number of nitrogens with zero attached hydrogens (tertiary/aromatic N) is 1. The molecule has 2 nitrogen and oxygen atoms in total. The van der Waals surface area contributed by atoms with Crippen LogP contribution in [0.3, 0.4) is 0 Å². The second kappa shape index (κ2) is 5.47. The highest BCUT2D eigenvalue weighted by molar-refractivity contribution is 6.30. The molecule has 1 N–H and O–H groups in total. The van der Waals surface area contributed by atoms with Crippen LogP contribution in [0.1, 0.15) is 22.7 Å². The van der Waals surface area contributed by atoms with Gasteiger partial charge < -0.3 is 4.98 Å². The molecule has 1 heterocycles. The summed E-state index contributed by atoms with van der Waals surface area (Å²) >= 11 is 5.94. The highest BCUT2D eigenvalue weighted by Crippen LogP contribution is 2.31. The second-order valence-corrected chi connectivity index (χ2v) is 4.98. The molecule has 2 aromatic carbocycles.